The van der Waals surface area contributed by atoms with E-state index >= 15 is 0 Å². The summed E-state index contributed by atoms with van der Waals surface area (Å²) in [6.07, 6.45) is 0. The van der Waals surface area contributed by atoms with Gasteiger partial charge in [-0.3, -0.25) is 10.1 Å². The molecule has 0 radical (unpaired) electrons. The maximum absolute atomic E-state index is 12.8. The van der Waals surface area contributed by atoms with Crippen LogP contribution in [0.2, 0.25) is 5.02 Å². The van der Waals surface area contributed by atoms with Crippen LogP contribution in [-0.2, 0) is 13.7 Å². The second-order valence-corrected chi connectivity index (χ2v) is 6.69. The van der Waals surface area contributed by atoms with Crippen molar-refractivity contribution in [3.63, 3.8) is 0 Å². The number of aryl methyl sites for hydroxylation is 2. The number of rotatable bonds is 5. The molecule has 7 nitrogen and oxygen atoms in total. The van der Waals surface area contributed by atoms with E-state index in [0.717, 1.165) is 11.0 Å². The van der Waals surface area contributed by atoms with Crippen molar-refractivity contribution in [2.24, 2.45) is 7.05 Å². The third kappa shape index (κ3) is 3.44. The predicted octanol–water partition coefficient (Wildman–Crippen LogP) is 4.35. The van der Waals surface area contributed by atoms with Gasteiger partial charge in [0.05, 0.1) is 16.6 Å². The van der Waals surface area contributed by atoms with Crippen molar-refractivity contribution in [1.29, 1.82) is 0 Å². The Kier molecular flexibility index (Phi) is 4.75. The quantitative estimate of drug-likeness (QED) is 0.542. The number of para-hydroxylation sites is 2. The molecule has 0 aliphatic rings. The van der Waals surface area contributed by atoms with Gasteiger partial charge in [-0.15, -0.1) is 0 Å². The first-order chi connectivity index (χ1) is 13.5. The van der Waals surface area contributed by atoms with Gasteiger partial charge in [-0.25, -0.2) is 4.98 Å². The molecule has 2 aromatic heterocycles. The van der Waals surface area contributed by atoms with Crippen LogP contribution in [0.3, 0.4) is 0 Å². The Balaban J connectivity index is 1.55. The second kappa shape index (κ2) is 7.36. The maximum Gasteiger partial charge on any atom is 0.280 e. The molecule has 4 rings (SSSR count). The minimum absolute atomic E-state index is 0.126. The van der Waals surface area contributed by atoms with Crippen molar-refractivity contribution >= 4 is 34.5 Å². The van der Waals surface area contributed by atoms with Gasteiger partial charge >= 0.3 is 0 Å². The van der Waals surface area contributed by atoms with Crippen LogP contribution in [0.1, 0.15) is 21.8 Å². The van der Waals surface area contributed by atoms with Crippen LogP contribution >= 0.6 is 11.6 Å². The molecule has 8 heteroatoms. The number of benzene rings is 2. The predicted molar refractivity (Wildman–Crippen MR) is 106 cm³/mol. The van der Waals surface area contributed by atoms with E-state index in [9.17, 15) is 4.79 Å². The number of nitrogens with zero attached hydrogens (tertiary/aromatic N) is 3. The van der Waals surface area contributed by atoms with Crippen molar-refractivity contribution in [2.75, 3.05) is 5.32 Å². The van der Waals surface area contributed by atoms with Crippen LogP contribution < -0.4 is 10.1 Å². The molecule has 0 bridgehead atoms. The first kappa shape index (κ1) is 18.1. The van der Waals surface area contributed by atoms with Gasteiger partial charge in [0.15, 0.2) is 5.69 Å². The van der Waals surface area contributed by atoms with E-state index in [2.05, 4.69) is 15.5 Å². The molecule has 1 N–H and O–H groups in total. The highest BCUT2D eigenvalue weighted by molar-refractivity contribution is 6.30. The average Bonchev–Trinajstić information content (AvgIpc) is 3.20. The highest BCUT2D eigenvalue weighted by Gasteiger charge is 2.22. The highest BCUT2D eigenvalue weighted by atomic mass is 35.5. The van der Waals surface area contributed by atoms with E-state index in [1.807, 2.05) is 35.9 Å². The minimum Gasteiger partial charge on any atom is -0.489 e. The monoisotopic (exact) mass is 396 g/mol. The molecule has 0 saturated heterocycles. The molecule has 2 aromatic carbocycles. The summed E-state index contributed by atoms with van der Waals surface area (Å²) in [6.45, 7) is 1.86. The normalized spacial score (nSPS) is 11.0. The van der Waals surface area contributed by atoms with Crippen molar-refractivity contribution in [3.05, 3.63) is 70.6 Å². The molecule has 0 atom stereocenters. The van der Waals surface area contributed by atoms with Crippen molar-refractivity contribution < 1.29 is 14.1 Å². The summed E-state index contributed by atoms with van der Waals surface area (Å²) in [5, 5.41) is 7.25. The number of carbonyl (C=O) groups is 1. The van der Waals surface area contributed by atoms with Gasteiger partial charge in [-0.1, -0.05) is 35.0 Å². The molecule has 0 saturated carbocycles. The first-order valence-electron chi connectivity index (χ1n) is 8.59. The number of ether oxygens (including phenoxy) is 1. The van der Waals surface area contributed by atoms with Crippen LogP contribution in [0.15, 0.2) is 53.1 Å². The van der Waals surface area contributed by atoms with E-state index in [4.69, 9.17) is 20.9 Å². The summed E-state index contributed by atoms with van der Waals surface area (Å²) >= 11 is 5.97. The van der Waals surface area contributed by atoms with Crippen LogP contribution in [0.25, 0.3) is 11.0 Å². The summed E-state index contributed by atoms with van der Waals surface area (Å²) in [5.41, 5.74) is 2.43. The van der Waals surface area contributed by atoms with Crippen LogP contribution in [0, 0.1) is 6.92 Å². The SMILES string of the molecule is Cc1onc(C(=O)Nc2nc3ccccc3n2C)c1COc1cccc(Cl)c1. The van der Waals surface area contributed by atoms with Crippen LogP contribution in [-0.4, -0.2) is 20.6 Å². The number of anilines is 1. The zero-order chi connectivity index (χ0) is 19.7. The smallest absolute Gasteiger partial charge is 0.280 e. The van der Waals surface area contributed by atoms with E-state index < -0.39 is 5.91 Å². The fourth-order valence-corrected chi connectivity index (χ4v) is 3.05. The van der Waals surface area contributed by atoms with Gasteiger partial charge < -0.3 is 13.8 Å². The van der Waals surface area contributed by atoms with Gasteiger partial charge in [0.25, 0.3) is 5.91 Å². The Labute approximate surface area is 165 Å². The Hall–Kier alpha value is -3.32. The number of aromatic nitrogens is 3. The molecule has 4 aromatic rings. The number of hydrogen-bond donors (Lipinski definition) is 1. The molecule has 28 heavy (non-hydrogen) atoms. The minimum atomic E-state index is -0.417. The van der Waals surface area contributed by atoms with E-state index in [-0.39, 0.29) is 12.3 Å². The molecular formula is C20H17ClN4O3. The molecular weight excluding hydrogens is 380 g/mol. The molecule has 0 unspecified atom stereocenters. The number of carbonyl (C=O) groups excluding carboxylic acids is 1. The van der Waals surface area contributed by atoms with E-state index in [0.29, 0.717) is 28.0 Å². The molecule has 0 aliphatic carbocycles. The van der Waals surface area contributed by atoms with E-state index in [1.165, 1.54) is 0 Å². The lowest BCUT2D eigenvalue weighted by Gasteiger charge is -2.07. The van der Waals surface area contributed by atoms with E-state index in [1.54, 1.807) is 31.2 Å². The topological polar surface area (TPSA) is 82.2 Å². The number of halogens is 1. The lowest BCUT2D eigenvalue weighted by Crippen LogP contribution is -2.17. The van der Waals surface area contributed by atoms with Gasteiger partial charge in [0.2, 0.25) is 5.95 Å². The number of amides is 1. The summed E-state index contributed by atoms with van der Waals surface area (Å²) in [7, 11) is 1.84. The average molecular weight is 397 g/mol. The summed E-state index contributed by atoms with van der Waals surface area (Å²) < 4.78 is 12.8. The summed E-state index contributed by atoms with van der Waals surface area (Å²) in [5.74, 6) is 1.11. The third-order valence-corrected chi connectivity index (χ3v) is 4.63. The Morgan fingerprint density at radius 1 is 1.25 bits per heavy atom. The number of fused-ring (bicyclic) bond motifs is 1. The number of nitrogens with one attached hydrogen (secondary N) is 1. The number of hydrogen-bond acceptors (Lipinski definition) is 5. The largest absolute Gasteiger partial charge is 0.489 e. The Morgan fingerprint density at radius 3 is 2.86 bits per heavy atom. The Morgan fingerprint density at radius 2 is 2.07 bits per heavy atom. The fourth-order valence-electron chi connectivity index (χ4n) is 2.87. The van der Waals surface area contributed by atoms with Crippen molar-refractivity contribution in [3.8, 4) is 5.75 Å². The first-order valence-corrected chi connectivity index (χ1v) is 8.97. The molecule has 0 spiro atoms. The Bertz CT molecular complexity index is 1170. The lowest BCUT2D eigenvalue weighted by atomic mass is 10.2. The fraction of sp³-hybridized carbons (Fsp3) is 0.150. The van der Waals surface area contributed by atoms with Gasteiger partial charge in [-0.05, 0) is 37.3 Å². The number of imidazole rings is 1. The lowest BCUT2D eigenvalue weighted by molar-refractivity contribution is 0.101. The summed E-state index contributed by atoms with van der Waals surface area (Å²) in [4.78, 5) is 17.2. The van der Waals surface area contributed by atoms with Gasteiger partial charge in [0.1, 0.15) is 18.1 Å². The van der Waals surface area contributed by atoms with Crippen LogP contribution in [0.5, 0.6) is 5.75 Å². The molecule has 142 valence electrons. The molecule has 0 fully saturated rings. The summed E-state index contributed by atoms with van der Waals surface area (Å²) in [6, 6.07) is 14.7. The van der Waals surface area contributed by atoms with Gasteiger partial charge in [0, 0.05) is 12.1 Å². The molecule has 1 amide bonds. The van der Waals surface area contributed by atoms with Crippen LogP contribution in [0.4, 0.5) is 5.95 Å². The maximum atomic E-state index is 12.8. The van der Waals surface area contributed by atoms with Crippen molar-refractivity contribution in [1.82, 2.24) is 14.7 Å². The second-order valence-electron chi connectivity index (χ2n) is 6.25. The third-order valence-electron chi connectivity index (χ3n) is 4.39. The zero-order valence-electron chi connectivity index (χ0n) is 15.3. The zero-order valence-corrected chi connectivity index (χ0v) is 16.0. The molecule has 0 aliphatic heterocycles. The van der Waals surface area contributed by atoms with Gasteiger partial charge in [-0.2, -0.15) is 0 Å². The van der Waals surface area contributed by atoms with Crippen molar-refractivity contribution in [2.45, 2.75) is 13.5 Å². The standard InChI is InChI=1S/C20H17ClN4O3/c1-12-15(11-27-14-7-5-6-13(21)10-14)18(24-28-12)19(26)23-20-22-16-8-3-4-9-17(16)25(20)2/h3-10H,11H2,1-2H3,(H,22,23,26). The highest BCUT2D eigenvalue weighted by Crippen LogP contribution is 2.22. The molecule has 2 heterocycles.